The van der Waals surface area contributed by atoms with Crippen molar-refractivity contribution < 1.29 is 18.9 Å². The summed E-state index contributed by atoms with van der Waals surface area (Å²) >= 11 is 0. The van der Waals surface area contributed by atoms with Crippen LogP contribution in [0.15, 0.2) is 36.4 Å². The summed E-state index contributed by atoms with van der Waals surface area (Å²) in [6, 6.07) is 10.5. The zero-order valence-corrected chi connectivity index (χ0v) is 11.8. The van der Waals surface area contributed by atoms with E-state index in [1.807, 2.05) is 36.4 Å². The van der Waals surface area contributed by atoms with E-state index in [1.165, 1.54) is 0 Å². The second kappa shape index (κ2) is 5.08. The Morgan fingerprint density at radius 1 is 0.636 bits per heavy atom. The van der Waals surface area contributed by atoms with Gasteiger partial charge in [0, 0.05) is 12.1 Å². The van der Waals surface area contributed by atoms with Crippen LogP contribution >= 0.6 is 0 Å². The minimum atomic E-state index is -0.366. The molecule has 0 radical (unpaired) electrons. The summed E-state index contributed by atoms with van der Waals surface area (Å²) in [6.07, 6.45) is 0. The van der Waals surface area contributed by atoms with Gasteiger partial charge >= 0.3 is 0 Å². The van der Waals surface area contributed by atoms with Crippen molar-refractivity contribution in [2.24, 2.45) is 11.5 Å². The molecule has 2 unspecified atom stereocenters. The van der Waals surface area contributed by atoms with E-state index in [0.717, 1.165) is 22.6 Å². The summed E-state index contributed by atoms with van der Waals surface area (Å²) in [5.74, 6) is 2.86. The molecule has 2 aliphatic rings. The van der Waals surface area contributed by atoms with Gasteiger partial charge < -0.3 is 30.4 Å². The van der Waals surface area contributed by atoms with Gasteiger partial charge in [-0.3, -0.25) is 0 Å². The summed E-state index contributed by atoms with van der Waals surface area (Å²) in [5, 5.41) is 0. The number of ether oxygens (including phenoxy) is 4. The van der Waals surface area contributed by atoms with Gasteiger partial charge in [0.1, 0.15) is 0 Å². The van der Waals surface area contributed by atoms with E-state index >= 15 is 0 Å². The Hall–Kier alpha value is -2.44. The lowest BCUT2D eigenvalue weighted by Crippen LogP contribution is -2.26. The molecule has 0 saturated carbocycles. The first-order valence-corrected chi connectivity index (χ1v) is 7.02. The Morgan fingerprint density at radius 3 is 1.50 bits per heavy atom. The van der Waals surface area contributed by atoms with Gasteiger partial charge in [-0.1, -0.05) is 12.1 Å². The van der Waals surface area contributed by atoms with E-state index < -0.39 is 0 Å². The van der Waals surface area contributed by atoms with E-state index in [9.17, 15) is 0 Å². The number of hydrogen-bond acceptors (Lipinski definition) is 6. The van der Waals surface area contributed by atoms with Crippen LogP contribution in [0.4, 0.5) is 0 Å². The number of hydrogen-bond donors (Lipinski definition) is 2. The Labute approximate surface area is 127 Å². The topological polar surface area (TPSA) is 89.0 Å². The SMILES string of the molecule is NC(c1ccc2c(c1)OCO2)C(N)c1ccc2c(c1)OCO2. The maximum absolute atomic E-state index is 6.32. The van der Waals surface area contributed by atoms with Gasteiger partial charge in [-0.15, -0.1) is 0 Å². The van der Waals surface area contributed by atoms with Crippen molar-refractivity contribution >= 4 is 0 Å². The van der Waals surface area contributed by atoms with Gasteiger partial charge in [0.2, 0.25) is 13.6 Å². The lowest BCUT2D eigenvalue weighted by Gasteiger charge is -2.21. The molecule has 0 fully saturated rings. The van der Waals surface area contributed by atoms with Crippen molar-refractivity contribution in [3.05, 3.63) is 47.5 Å². The lowest BCUT2D eigenvalue weighted by molar-refractivity contribution is 0.173. The highest BCUT2D eigenvalue weighted by Crippen LogP contribution is 2.38. The maximum Gasteiger partial charge on any atom is 0.231 e. The highest BCUT2D eigenvalue weighted by molar-refractivity contribution is 5.48. The zero-order valence-electron chi connectivity index (χ0n) is 11.8. The second-order valence-corrected chi connectivity index (χ2v) is 5.28. The monoisotopic (exact) mass is 300 g/mol. The number of rotatable bonds is 3. The highest BCUT2D eigenvalue weighted by Gasteiger charge is 2.23. The lowest BCUT2D eigenvalue weighted by atomic mass is 9.94. The Balaban J connectivity index is 1.60. The highest BCUT2D eigenvalue weighted by atomic mass is 16.7. The molecule has 0 spiro atoms. The van der Waals surface area contributed by atoms with Crippen LogP contribution in [0.25, 0.3) is 0 Å². The molecule has 4 rings (SSSR count). The summed E-state index contributed by atoms with van der Waals surface area (Å²) in [4.78, 5) is 0. The van der Waals surface area contributed by atoms with Crippen molar-refractivity contribution in [3.63, 3.8) is 0 Å². The predicted octanol–water partition coefficient (Wildman–Crippen LogP) is 1.84. The maximum atomic E-state index is 6.32. The van der Waals surface area contributed by atoms with Crippen molar-refractivity contribution in [1.29, 1.82) is 0 Å². The predicted molar refractivity (Wildman–Crippen MR) is 79.0 cm³/mol. The smallest absolute Gasteiger partial charge is 0.231 e. The van der Waals surface area contributed by atoms with E-state index in [4.69, 9.17) is 30.4 Å². The molecule has 22 heavy (non-hydrogen) atoms. The van der Waals surface area contributed by atoms with Gasteiger partial charge in [-0.2, -0.15) is 0 Å². The van der Waals surface area contributed by atoms with Crippen LogP contribution in [-0.4, -0.2) is 13.6 Å². The molecule has 2 aromatic carbocycles. The minimum absolute atomic E-state index is 0.238. The van der Waals surface area contributed by atoms with Gasteiger partial charge in [-0.25, -0.2) is 0 Å². The first-order chi connectivity index (χ1) is 10.7. The molecular weight excluding hydrogens is 284 g/mol. The molecule has 0 amide bonds. The molecule has 2 atom stereocenters. The van der Waals surface area contributed by atoms with Crippen LogP contribution in [0.1, 0.15) is 23.2 Å². The summed E-state index contributed by atoms with van der Waals surface area (Å²) in [7, 11) is 0. The van der Waals surface area contributed by atoms with Gasteiger partial charge in [0.15, 0.2) is 23.0 Å². The van der Waals surface area contributed by atoms with Gasteiger partial charge in [0.05, 0.1) is 0 Å². The number of fused-ring (bicyclic) bond motifs is 2. The molecule has 0 saturated heterocycles. The van der Waals surface area contributed by atoms with Crippen molar-refractivity contribution in [2.45, 2.75) is 12.1 Å². The average molecular weight is 300 g/mol. The molecule has 6 nitrogen and oxygen atoms in total. The van der Waals surface area contributed by atoms with Crippen LogP contribution in [0.2, 0.25) is 0 Å². The molecule has 2 aromatic rings. The second-order valence-electron chi connectivity index (χ2n) is 5.28. The molecule has 0 aromatic heterocycles. The van der Waals surface area contributed by atoms with E-state index in [-0.39, 0.29) is 25.7 Å². The van der Waals surface area contributed by atoms with Crippen molar-refractivity contribution in [2.75, 3.05) is 13.6 Å². The van der Waals surface area contributed by atoms with E-state index in [1.54, 1.807) is 0 Å². The molecule has 2 aliphatic heterocycles. The van der Waals surface area contributed by atoms with E-state index in [2.05, 4.69) is 0 Å². The fourth-order valence-corrected chi connectivity index (χ4v) is 2.66. The van der Waals surface area contributed by atoms with Crippen molar-refractivity contribution in [1.82, 2.24) is 0 Å². The quantitative estimate of drug-likeness (QED) is 0.899. The molecule has 114 valence electrons. The zero-order chi connectivity index (χ0) is 15.1. The van der Waals surface area contributed by atoms with Crippen molar-refractivity contribution in [3.8, 4) is 23.0 Å². The Bertz CT molecular complexity index is 658. The fraction of sp³-hybridized carbons (Fsp3) is 0.250. The fourth-order valence-electron chi connectivity index (χ4n) is 2.66. The Morgan fingerprint density at radius 2 is 1.05 bits per heavy atom. The third kappa shape index (κ3) is 2.13. The van der Waals surface area contributed by atoms with Crippen LogP contribution in [0.3, 0.4) is 0 Å². The van der Waals surface area contributed by atoms with Crippen LogP contribution in [0, 0.1) is 0 Å². The summed E-state index contributed by atoms with van der Waals surface area (Å²) in [5.41, 5.74) is 14.4. The molecule has 0 aliphatic carbocycles. The molecule has 2 heterocycles. The van der Waals surface area contributed by atoms with Crippen LogP contribution < -0.4 is 30.4 Å². The molecular formula is C16H16N2O4. The van der Waals surface area contributed by atoms with E-state index in [0.29, 0.717) is 11.5 Å². The molecule has 6 heteroatoms. The number of benzene rings is 2. The summed E-state index contributed by atoms with van der Waals surface area (Å²) < 4.78 is 21.4. The third-order valence-electron chi connectivity index (χ3n) is 3.95. The first-order valence-electron chi connectivity index (χ1n) is 7.02. The number of nitrogens with two attached hydrogens (primary N) is 2. The Kier molecular flexibility index (Phi) is 3.06. The molecule has 0 bridgehead atoms. The minimum Gasteiger partial charge on any atom is -0.454 e. The van der Waals surface area contributed by atoms with Gasteiger partial charge in [-0.05, 0) is 35.4 Å². The van der Waals surface area contributed by atoms with Crippen LogP contribution in [-0.2, 0) is 0 Å². The van der Waals surface area contributed by atoms with Crippen LogP contribution in [0.5, 0.6) is 23.0 Å². The normalized spacial score (nSPS) is 17.4. The summed E-state index contributed by atoms with van der Waals surface area (Å²) in [6.45, 7) is 0.477. The largest absolute Gasteiger partial charge is 0.454 e. The first kappa shape index (κ1) is 13.2. The third-order valence-corrected chi connectivity index (χ3v) is 3.95. The molecule has 4 N–H and O–H groups in total. The standard InChI is InChI=1S/C16H16N2O4/c17-15(9-1-3-11-13(5-9)21-7-19-11)16(18)10-2-4-12-14(6-10)22-8-20-12/h1-6,15-16H,7-8,17-18H2. The van der Waals surface area contributed by atoms with Gasteiger partial charge in [0.25, 0.3) is 0 Å². The average Bonchev–Trinajstić information content (AvgIpc) is 3.20.